The van der Waals surface area contributed by atoms with E-state index in [1.807, 2.05) is 6.07 Å². The molecule has 0 aliphatic heterocycles. The fourth-order valence-electron chi connectivity index (χ4n) is 0.912. The Morgan fingerprint density at radius 3 is 3.07 bits per heavy atom. The van der Waals surface area contributed by atoms with Crippen molar-refractivity contribution < 1.29 is 9.84 Å². The second-order valence-electron chi connectivity index (χ2n) is 2.62. The van der Waals surface area contributed by atoms with Gasteiger partial charge in [0, 0.05) is 19.2 Å². The molecule has 0 amide bonds. The van der Waals surface area contributed by atoms with Crippen molar-refractivity contribution in [1.82, 2.24) is 4.98 Å². The highest BCUT2D eigenvalue weighted by Crippen LogP contribution is 2.19. The van der Waals surface area contributed by atoms with Gasteiger partial charge in [0.1, 0.15) is 11.6 Å². The van der Waals surface area contributed by atoms with Gasteiger partial charge in [0.05, 0.1) is 12.3 Å². The van der Waals surface area contributed by atoms with Gasteiger partial charge in [0.2, 0.25) is 5.88 Å². The van der Waals surface area contributed by atoms with Gasteiger partial charge < -0.3 is 15.6 Å². The van der Waals surface area contributed by atoms with Crippen molar-refractivity contribution in [2.45, 2.75) is 6.42 Å². The SMILES string of the molecule is N#Cc1c(N)ccnc1OCCCO. The van der Waals surface area contributed by atoms with Gasteiger partial charge in [-0.1, -0.05) is 0 Å². The van der Waals surface area contributed by atoms with Crippen molar-refractivity contribution in [2.24, 2.45) is 0 Å². The van der Waals surface area contributed by atoms with E-state index in [1.54, 1.807) is 0 Å². The Morgan fingerprint density at radius 2 is 2.43 bits per heavy atom. The number of aliphatic hydroxyl groups excluding tert-OH is 1. The van der Waals surface area contributed by atoms with Crippen LogP contribution in [0.25, 0.3) is 0 Å². The highest BCUT2D eigenvalue weighted by Gasteiger charge is 2.07. The number of pyridine rings is 1. The van der Waals surface area contributed by atoms with Gasteiger partial charge in [-0.2, -0.15) is 5.26 Å². The van der Waals surface area contributed by atoms with Gasteiger partial charge in [-0.3, -0.25) is 0 Å². The molecule has 3 N–H and O–H groups in total. The highest BCUT2D eigenvalue weighted by atomic mass is 16.5. The summed E-state index contributed by atoms with van der Waals surface area (Å²) in [4.78, 5) is 3.88. The van der Waals surface area contributed by atoms with Gasteiger partial charge in [0.25, 0.3) is 0 Å². The number of hydrogen-bond donors (Lipinski definition) is 2. The molecular formula is C9H11N3O2. The molecule has 5 heteroatoms. The quantitative estimate of drug-likeness (QED) is 0.671. The van der Waals surface area contributed by atoms with Gasteiger partial charge in [0.15, 0.2) is 0 Å². The standard InChI is InChI=1S/C9H11N3O2/c10-6-7-8(11)2-3-12-9(7)14-5-1-4-13/h2-3,13H,1,4-5H2,(H2,11,12). The summed E-state index contributed by atoms with van der Waals surface area (Å²) in [6.07, 6.45) is 1.98. The van der Waals surface area contributed by atoms with E-state index in [1.165, 1.54) is 12.3 Å². The molecule has 74 valence electrons. The third kappa shape index (κ3) is 2.34. The molecule has 14 heavy (non-hydrogen) atoms. The van der Waals surface area contributed by atoms with Crippen molar-refractivity contribution >= 4 is 5.69 Å². The van der Waals surface area contributed by atoms with E-state index in [0.717, 1.165) is 0 Å². The molecule has 0 unspecified atom stereocenters. The first-order valence-electron chi connectivity index (χ1n) is 4.18. The number of nitrogens with two attached hydrogens (primary N) is 1. The second-order valence-corrected chi connectivity index (χ2v) is 2.62. The first-order chi connectivity index (χ1) is 6.79. The largest absolute Gasteiger partial charge is 0.477 e. The molecule has 0 aliphatic carbocycles. The molecule has 0 atom stereocenters. The molecular weight excluding hydrogens is 182 g/mol. The van der Waals surface area contributed by atoms with Gasteiger partial charge >= 0.3 is 0 Å². The predicted octanol–water partition coefficient (Wildman–Crippen LogP) is 0.297. The van der Waals surface area contributed by atoms with Crippen molar-refractivity contribution in [2.75, 3.05) is 18.9 Å². The molecule has 5 nitrogen and oxygen atoms in total. The van der Waals surface area contributed by atoms with E-state index in [-0.39, 0.29) is 18.1 Å². The first-order valence-corrected chi connectivity index (χ1v) is 4.18. The molecule has 1 rings (SSSR count). The molecule has 0 saturated heterocycles. The van der Waals surface area contributed by atoms with Crippen LogP contribution in [-0.4, -0.2) is 23.3 Å². The van der Waals surface area contributed by atoms with E-state index in [0.29, 0.717) is 18.7 Å². The molecule has 0 saturated carbocycles. The fraction of sp³-hybridized carbons (Fsp3) is 0.333. The summed E-state index contributed by atoms with van der Waals surface area (Å²) in [6.45, 7) is 0.367. The Hall–Kier alpha value is -1.80. The average molecular weight is 193 g/mol. The molecule has 0 fully saturated rings. The van der Waals surface area contributed by atoms with E-state index < -0.39 is 0 Å². The van der Waals surface area contributed by atoms with E-state index in [4.69, 9.17) is 20.8 Å². The summed E-state index contributed by atoms with van der Waals surface area (Å²) in [7, 11) is 0. The van der Waals surface area contributed by atoms with E-state index in [2.05, 4.69) is 4.98 Å². The van der Waals surface area contributed by atoms with Crippen LogP contribution in [-0.2, 0) is 0 Å². The second kappa shape index (κ2) is 5.04. The molecule has 0 bridgehead atoms. The minimum absolute atomic E-state index is 0.0458. The van der Waals surface area contributed by atoms with Crippen molar-refractivity contribution in [1.29, 1.82) is 5.26 Å². The van der Waals surface area contributed by atoms with Crippen LogP contribution >= 0.6 is 0 Å². The zero-order valence-electron chi connectivity index (χ0n) is 7.60. The molecule has 1 aromatic heterocycles. The van der Waals surface area contributed by atoms with E-state index >= 15 is 0 Å². The number of rotatable bonds is 4. The zero-order valence-corrected chi connectivity index (χ0v) is 7.60. The maximum absolute atomic E-state index is 8.76. The summed E-state index contributed by atoms with van der Waals surface area (Å²) in [5.41, 5.74) is 6.13. The fourth-order valence-corrected chi connectivity index (χ4v) is 0.912. The van der Waals surface area contributed by atoms with Crippen molar-refractivity contribution in [3.63, 3.8) is 0 Å². The lowest BCUT2D eigenvalue weighted by molar-refractivity contribution is 0.229. The number of ether oxygens (including phenoxy) is 1. The predicted molar refractivity (Wildman–Crippen MR) is 50.6 cm³/mol. The molecule has 0 aromatic carbocycles. The maximum atomic E-state index is 8.76. The Bertz CT molecular complexity index is 346. The Balaban J connectivity index is 2.76. The van der Waals surface area contributed by atoms with Gasteiger partial charge in [-0.25, -0.2) is 4.98 Å². The number of aromatic nitrogens is 1. The molecule has 0 spiro atoms. The summed E-state index contributed by atoms with van der Waals surface area (Å²) in [6, 6.07) is 3.45. The molecule has 1 aromatic rings. The summed E-state index contributed by atoms with van der Waals surface area (Å²) >= 11 is 0. The number of anilines is 1. The average Bonchev–Trinajstić information content (AvgIpc) is 2.18. The molecule has 1 heterocycles. The monoisotopic (exact) mass is 193 g/mol. The minimum Gasteiger partial charge on any atom is -0.477 e. The molecule has 0 aliphatic rings. The number of nitrogens with zero attached hydrogens (tertiary/aromatic N) is 2. The van der Waals surface area contributed by atoms with Crippen LogP contribution in [0.5, 0.6) is 5.88 Å². The van der Waals surface area contributed by atoms with E-state index in [9.17, 15) is 0 Å². The zero-order chi connectivity index (χ0) is 10.4. The summed E-state index contributed by atoms with van der Waals surface area (Å²) in [5, 5.41) is 17.3. The lowest BCUT2D eigenvalue weighted by Crippen LogP contribution is -2.04. The maximum Gasteiger partial charge on any atom is 0.233 e. The van der Waals surface area contributed by atoms with Gasteiger partial charge in [-0.15, -0.1) is 0 Å². The van der Waals surface area contributed by atoms with Crippen LogP contribution in [0.4, 0.5) is 5.69 Å². The lowest BCUT2D eigenvalue weighted by Gasteiger charge is -2.06. The number of hydrogen-bond acceptors (Lipinski definition) is 5. The summed E-state index contributed by atoms with van der Waals surface area (Å²) in [5.74, 6) is 0.223. The first kappa shape index (κ1) is 10.3. The van der Waals surface area contributed by atoms with Gasteiger partial charge in [-0.05, 0) is 6.07 Å². The van der Waals surface area contributed by atoms with Crippen LogP contribution in [0.2, 0.25) is 0 Å². The van der Waals surface area contributed by atoms with Crippen LogP contribution in [0.3, 0.4) is 0 Å². The molecule has 0 radical (unpaired) electrons. The van der Waals surface area contributed by atoms with Crippen LogP contribution in [0.15, 0.2) is 12.3 Å². The minimum atomic E-state index is 0.0458. The Morgan fingerprint density at radius 1 is 1.64 bits per heavy atom. The number of nitriles is 1. The number of nitrogen functional groups attached to an aromatic ring is 1. The smallest absolute Gasteiger partial charge is 0.233 e. The third-order valence-electron chi connectivity index (χ3n) is 1.60. The normalized spacial score (nSPS) is 9.43. The Labute approximate surface area is 81.8 Å². The topological polar surface area (TPSA) is 92.2 Å². The summed E-state index contributed by atoms with van der Waals surface area (Å²) < 4.78 is 5.18. The third-order valence-corrected chi connectivity index (χ3v) is 1.60. The van der Waals surface area contributed by atoms with Crippen molar-refractivity contribution in [3.05, 3.63) is 17.8 Å². The van der Waals surface area contributed by atoms with Crippen molar-refractivity contribution in [3.8, 4) is 11.9 Å². The van der Waals surface area contributed by atoms with Crippen LogP contribution in [0, 0.1) is 11.3 Å². The van der Waals surface area contributed by atoms with Crippen LogP contribution in [0.1, 0.15) is 12.0 Å². The lowest BCUT2D eigenvalue weighted by atomic mass is 10.2. The highest BCUT2D eigenvalue weighted by molar-refractivity contribution is 5.57. The number of aliphatic hydroxyl groups is 1. The van der Waals surface area contributed by atoms with Crippen LogP contribution < -0.4 is 10.5 Å². The Kier molecular flexibility index (Phi) is 3.70.